The molecule has 0 spiro atoms. The fraction of sp³-hybridized carbons (Fsp3) is 0.167. The van der Waals surface area contributed by atoms with Crippen molar-refractivity contribution in [1.82, 2.24) is 0 Å². The van der Waals surface area contributed by atoms with Crippen LogP contribution in [0.2, 0.25) is 0 Å². The molecule has 0 heterocycles. The molecule has 73 heavy (non-hydrogen) atoms. The van der Waals surface area contributed by atoms with Gasteiger partial charge in [-0.25, -0.2) is 0 Å². The monoisotopic (exact) mass is 1110 g/mol. The number of fused-ring (bicyclic) bond motifs is 8. The predicted molar refractivity (Wildman–Crippen MR) is 320 cm³/mol. The van der Waals surface area contributed by atoms with E-state index in [1.165, 1.54) is 155 Å². The minimum Gasteiger partial charge on any atom is -0.343 e. The van der Waals surface area contributed by atoms with Crippen molar-refractivity contribution in [3.05, 3.63) is 241 Å². The van der Waals surface area contributed by atoms with Gasteiger partial charge in [0.05, 0.1) is 0 Å². The van der Waals surface area contributed by atoms with Gasteiger partial charge in [0, 0.05) is 0 Å². The maximum atomic E-state index is 3.60. The molecule has 0 N–H and O–H groups in total. The average molecular weight is 1110 g/mol. The molecule has 0 aliphatic heterocycles. The van der Waals surface area contributed by atoms with Gasteiger partial charge in [0.1, 0.15) is 0 Å². The van der Waals surface area contributed by atoms with Crippen LogP contribution in [-0.4, -0.2) is 0 Å². The largest absolute Gasteiger partial charge is 4.00 e. The van der Waals surface area contributed by atoms with Crippen molar-refractivity contribution >= 4 is 64.6 Å². The molecule has 12 aromatic rings. The van der Waals surface area contributed by atoms with Crippen LogP contribution in [0, 0.1) is 55.4 Å². The van der Waals surface area contributed by atoms with Gasteiger partial charge >= 0.3 is 25.8 Å². The van der Waals surface area contributed by atoms with Crippen molar-refractivity contribution in [2.45, 2.75) is 81.1 Å². The molecule has 12 aromatic carbocycles. The third-order valence-electron chi connectivity index (χ3n) is 14.2. The number of aryl methyl sites for hydroxylation is 6. The number of hydrogen-bond acceptors (Lipinski definition) is 0. The molecule has 0 unspecified atom stereocenters. The summed E-state index contributed by atoms with van der Waals surface area (Å²) in [6.45, 7) is 24.7. The second-order valence-corrected chi connectivity index (χ2v) is 19.8. The van der Waals surface area contributed by atoms with E-state index in [1.807, 2.05) is 0 Å². The van der Waals surface area contributed by atoms with Crippen LogP contribution in [0.1, 0.15) is 72.9 Å². The van der Waals surface area contributed by atoms with E-state index in [0.717, 1.165) is 12.8 Å². The van der Waals surface area contributed by atoms with E-state index < -0.39 is 0 Å². The Morgan fingerprint density at radius 1 is 0.329 bits per heavy atom. The Labute approximate surface area is 454 Å². The topological polar surface area (TPSA) is 0 Å². The van der Waals surface area contributed by atoms with Gasteiger partial charge in [0.2, 0.25) is 0 Å². The number of benzene rings is 10. The molecule has 0 aliphatic rings. The smallest absolute Gasteiger partial charge is 0.343 e. The molecule has 0 nitrogen and oxygen atoms in total. The van der Waals surface area contributed by atoms with Crippen molar-refractivity contribution in [3.63, 3.8) is 0 Å². The number of hydrogen-bond donors (Lipinski definition) is 0. The Balaban J connectivity index is 0.000000168. The van der Waals surface area contributed by atoms with Crippen LogP contribution in [-0.2, 0) is 25.8 Å². The van der Waals surface area contributed by atoms with Crippen LogP contribution in [0.5, 0.6) is 0 Å². The van der Waals surface area contributed by atoms with Gasteiger partial charge in [-0.05, 0) is 108 Å². The summed E-state index contributed by atoms with van der Waals surface area (Å²) in [7, 11) is 0. The molecule has 0 aromatic heterocycles. The average Bonchev–Trinajstić information content (AvgIpc) is 3.94. The molecule has 0 aliphatic carbocycles. The molecule has 0 radical (unpaired) electrons. The predicted octanol–water partition coefficient (Wildman–Crippen LogP) is 21.5. The van der Waals surface area contributed by atoms with Crippen LogP contribution >= 0.6 is 0 Å². The third-order valence-corrected chi connectivity index (χ3v) is 14.2. The Bertz CT molecular complexity index is 3560. The summed E-state index contributed by atoms with van der Waals surface area (Å²) in [5, 5.41) is 15.7. The second-order valence-electron chi connectivity index (χ2n) is 19.8. The van der Waals surface area contributed by atoms with Crippen molar-refractivity contribution < 1.29 is 25.8 Å². The van der Waals surface area contributed by atoms with Gasteiger partial charge in [-0.2, -0.15) is 12.8 Å². The third kappa shape index (κ3) is 11.1. The summed E-state index contributed by atoms with van der Waals surface area (Å²) in [5.74, 6) is 0. The van der Waals surface area contributed by atoms with E-state index >= 15 is 0 Å². The molecule has 360 valence electrons. The summed E-state index contributed by atoms with van der Waals surface area (Å²) in [5.41, 5.74) is 18.5. The van der Waals surface area contributed by atoms with Crippen LogP contribution in [0.4, 0.5) is 0 Å². The van der Waals surface area contributed by atoms with Crippen LogP contribution in [0.3, 0.4) is 0 Å². The quantitative estimate of drug-likeness (QED) is 0.115. The number of unbranched alkanes of at least 4 members (excludes halogenated alkanes) is 2. The first kappa shape index (κ1) is 52.6. The second kappa shape index (κ2) is 23.5. The van der Waals surface area contributed by atoms with Gasteiger partial charge in [-0.3, -0.25) is 0 Å². The van der Waals surface area contributed by atoms with Gasteiger partial charge in [-0.1, -0.05) is 218 Å². The molecule has 0 amide bonds. The first-order chi connectivity index (χ1) is 35.0. The summed E-state index contributed by atoms with van der Waals surface area (Å²) in [6.07, 6.45) is 4.56. The van der Waals surface area contributed by atoms with Crippen molar-refractivity contribution in [2.24, 2.45) is 0 Å². The zero-order valence-electron chi connectivity index (χ0n) is 44.2. The summed E-state index contributed by atoms with van der Waals surface area (Å²) < 4.78 is 0. The summed E-state index contributed by atoms with van der Waals surface area (Å²) in [4.78, 5) is 0. The molecule has 0 atom stereocenters. The van der Waals surface area contributed by atoms with E-state index in [1.54, 1.807) is 0 Å². The SMILES string of the molecule is Cc1cc(C)c(-c2ccc3c(c2)[cH-]c2cc(-c4c(C)cc(C)cc4C)ccc23)c(C)c1.[CH2-]CCC.[CH2-]CCC.[Hf+4].c1ccc2c(-c3ccc4c(c3)[cH-]c3cc(-c5cccc6ccccc56)ccc34)cccc2c1. The van der Waals surface area contributed by atoms with E-state index in [2.05, 4.69) is 263 Å². The van der Waals surface area contributed by atoms with E-state index in [4.69, 9.17) is 0 Å². The standard InChI is InChI=1S/C33H21.C31H29.2C4H9.Hf/c1-3-11-28-22(7-1)9-5-13-30(28)24-15-17-32-26(19-24)21-27-20-25(16-18-33(27)32)31-14-6-10-23-8-2-4-12-29(23)31;1-18-11-20(3)30(21(4)12-18)24-7-9-28-26(15-24)17-27-16-25(8-10-29(27)28)31-22(5)13-19(2)14-23(31)6;2*1-3-4-2;/h1-21H;7-17H,1-6H3;2*1,3-4H2,2H3;/q4*-1;+4. The molecule has 1 heteroatoms. The zero-order valence-corrected chi connectivity index (χ0v) is 47.8. The first-order valence-corrected chi connectivity index (χ1v) is 26.0. The molecular formula is C72H68Hf. The molecule has 0 saturated heterocycles. The van der Waals surface area contributed by atoms with E-state index in [9.17, 15) is 0 Å². The van der Waals surface area contributed by atoms with Gasteiger partial charge in [0.15, 0.2) is 0 Å². The van der Waals surface area contributed by atoms with Gasteiger partial charge in [-0.15, -0.1) is 79.5 Å². The fourth-order valence-electron chi connectivity index (χ4n) is 10.9. The van der Waals surface area contributed by atoms with Crippen LogP contribution in [0.15, 0.2) is 194 Å². The van der Waals surface area contributed by atoms with E-state index in [-0.39, 0.29) is 25.8 Å². The maximum absolute atomic E-state index is 3.60. The molecule has 0 bridgehead atoms. The van der Waals surface area contributed by atoms with Gasteiger partial charge < -0.3 is 13.8 Å². The number of rotatable bonds is 6. The molecule has 0 saturated carbocycles. The maximum Gasteiger partial charge on any atom is 4.00 e. The molecular weight excluding hydrogens is 1040 g/mol. The first-order valence-electron chi connectivity index (χ1n) is 26.0. The van der Waals surface area contributed by atoms with Crippen molar-refractivity contribution in [1.29, 1.82) is 0 Å². The van der Waals surface area contributed by atoms with Crippen LogP contribution in [0.25, 0.3) is 109 Å². The van der Waals surface area contributed by atoms with E-state index in [0.29, 0.717) is 0 Å². The molecule has 12 rings (SSSR count). The summed E-state index contributed by atoms with van der Waals surface area (Å²) >= 11 is 0. The fourth-order valence-corrected chi connectivity index (χ4v) is 10.9. The normalized spacial score (nSPS) is 11.0. The zero-order chi connectivity index (χ0) is 50.5. The Morgan fingerprint density at radius 3 is 0.945 bits per heavy atom. The minimum absolute atomic E-state index is 0. The Morgan fingerprint density at radius 2 is 0.616 bits per heavy atom. The van der Waals surface area contributed by atoms with Crippen molar-refractivity contribution in [2.75, 3.05) is 0 Å². The Kier molecular flexibility index (Phi) is 16.9. The van der Waals surface area contributed by atoms with Crippen LogP contribution < -0.4 is 0 Å². The van der Waals surface area contributed by atoms with Gasteiger partial charge in [0.25, 0.3) is 0 Å². The van der Waals surface area contributed by atoms with Crippen molar-refractivity contribution in [3.8, 4) is 44.5 Å². The molecule has 0 fully saturated rings. The minimum atomic E-state index is 0. The summed E-state index contributed by atoms with van der Waals surface area (Å²) in [6, 6.07) is 71.9. The Hall–Kier alpha value is -6.67.